The van der Waals surface area contributed by atoms with Crippen LogP contribution in [0.3, 0.4) is 0 Å². The molecule has 0 heterocycles. The molecular formula is C14H19NO5. The molecule has 1 aromatic rings. The van der Waals surface area contributed by atoms with Crippen molar-refractivity contribution in [2.24, 2.45) is 0 Å². The molecule has 0 saturated carbocycles. The Kier molecular flexibility index (Phi) is 5.83. The predicted octanol–water partition coefficient (Wildman–Crippen LogP) is 1.39. The lowest BCUT2D eigenvalue weighted by molar-refractivity contribution is -0.142. The quantitative estimate of drug-likeness (QED) is 0.797. The zero-order chi connectivity index (χ0) is 15.1. The van der Waals surface area contributed by atoms with E-state index in [2.05, 4.69) is 10.1 Å². The van der Waals surface area contributed by atoms with E-state index in [0.717, 1.165) is 0 Å². The van der Waals surface area contributed by atoms with Gasteiger partial charge in [0, 0.05) is 11.6 Å². The van der Waals surface area contributed by atoms with Gasteiger partial charge in [-0.2, -0.15) is 0 Å². The highest BCUT2D eigenvalue weighted by molar-refractivity contribution is 5.97. The van der Waals surface area contributed by atoms with Crippen LogP contribution >= 0.6 is 0 Å². The maximum absolute atomic E-state index is 12.1. The van der Waals surface area contributed by atoms with Crippen molar-refractivity contribution in [2.45, 2.75) is 19.4 Å². The Balaban J connectivity index is 2.93. The van der Waals surface area contributed by atoms with Crippen molar-refractivity contribution in [1.82, 2.24) is 5.32 Å². The average Bonchev–Trinajstić information content (AvgIpc) is 2.50. The van der Waals surface area contributed by atoms with E-state index >= 15 is 0 Å². The van der Waals surface area contributed by atoms with Gasteiger partial charge in [-0.3, -0.25) is 4.79 Å². The van der Waals surface area contributed by atoms with Crippen molar-refractivity contribution in [3.05, 3.63) is 23.8 Å². The van der Waals surface area contributed by atoms with Crippen LogP contribution in [0, 0.1) is 0 Å². The standard InChI is InChI=1S/C14H19NO5/c1-5-12(14(17)20-4)15-13(16)9-6-10(18-2)8-11(7-9)19-3/h6-8,12H,5H2,1-4H3,(H,15,16). The molecule has 1 atom stereocenters. The molecular weight excluding hydrogens is 262 g/mol. The highest BCUT2D eigenvalue weighted by atomic mass is 16.5. The third-order valence-corrected chi connectivity index (χ3v) is 2.81. The van der Waals surface area contributed by atoms with Crippen molar-refractivity contribution in [2.75, 3.05) is 21.3 Å². The highest BCUT2D eigenvalue weighted by Crippen LogP contribution is 2.22. The van der Waals surface area contributed by atoms with Crippen LogP contribution in [0.15, 0.2) is 18.2 Å². The number of methoxy groups -OCH3 is 3. The van der Waals surface area contributed by atoms with E-state index in [1.165, 1.54) is 21.3 Å². The lowest BCUT2D eigenvalue weighted by Crippen LogP contribution is -2.41. The number of nitrogens with one attached hydrogen (secondary N) is 1. The molecule has 1 unspecified atom stereocenters. The van der Waals surface area contributed by atoms with Gasteiger partial charge in [-0.15, -0.1) is 0 Å². The maximum atomic E-state index is 12.1. The summed E-state index contributed by atoms with van der Waals surface area (Å²) in [6, 6.07) is 4.13. The number of hydrogen-bond donors (Lipinski definition) is 1. The van der Waals surface area contributed by atoms with Gasteiger partial charge >= 0.3 is 5.97 Å². The molecule has 0 aliphatic rings. The van der Waals surface area contributed by atoms with Crippen LogP contribution in [0.2, 0.25) is 0 Å². The number of rotatable bonds is 6. The average molecular weight is 281 g/mol. The minimum Gasteiger partial charge on any atom is -0.497 e. The Morgan fingerprint density at radius 2 is 1.65 bits per heavy atom. The summed E-state index contributed by atoms with van der Waals surface area (Å²) in [5, 5.41) is 2.61. The molecule has 1 aromatic carbocycles. The van der Waals surface area contributed by atoms with Crippen molar-refractivity contribution in [3.63, 3.8) is 0 Å². The van der Waals surface area contributed by atoms with Gasteiger partial charge in [-0.25, -0.2) is 4.79 Å². The van der Waals surface area contributed by atoms with E-state index in [4.69, 9.17) is 9.47 Å². The van der Waals surface area contributed by atoms with Crippen LogP contribution in [0.1, 0.15) is 23.7 Å². The number of carbonyl (C=O) groups excluding carboxylic acids is 2. The largest absolute Gasteiger partial charge is 0.497 e. The summed E-state index contributed by atoms with van der Waals surface area (Å²) in [7, 11) is 4.28. The summed E-state index contributed by atoms with van der Waals surface area (Å²) in [5.74, 6) is 0.136. The summed E-state index contributed by atoms with van der Waals surface area (Å²) in [6.07, 6.45) is 0.444. The SMILES string of the molecule is CCC(NC(=O)c1cc(OC)cc(OC)c1)C(=O)OC. The first-order valence-electron chi connectivity index (χ1n) is 6.17. The monoisotopic (exact) mass is 281 g/mol. The molecule has 1 rings (SSSR count). The van der Waals surface area contributed by atoms with E-state index in [-0.39, 0.29) is 5.91 Å². The fourth-order valence-corrected chi connectivity index (χ4v) is 1.65. The number of esters is 1. The Labute approximate surface area is 118 Å². The molecule has 0 aliphatic heterocycles. The minimum absolute atomic E-state index is 0.351. The summed E-state index contributed by atoms with van der Waals surface area (Å²) in [5.41, 5.74) is 0.351. The summed E-state index contributed by atoms with van der Waals surface area (Å²) in [6.45, 7) is 1.79. The van der Waals surface area contributed by atoms with E-state index in [1.807, 2.05) is 0 Å². The third kappa shape index (κ3) is 3.88. The molecule has 6 heteroatoms. The fourth-order valence-electron chi connectivity index (χ4n) is 1.65. The van der Waals surface area contributed by atoms with Crippen molar-refractivity contribution >= 4 is 11.9 Å². The molecule has 0 spiro atoms. The fraction of sp³-hybridized carbons (Fsp3) is 0.429. The zero-order valence-electron chi connectivity index (χ0n) is 12.1. The van der Waals surface area contributed by atoms with Crippen molar-refractivity contribution in [3.8, 4) is 11.5 Å². The molecule has 110 valence electrons. The van der Waals surface area contributed by atoms with E-state index < -0.39 is 12.0 Å². The number of ether oxygens (including phenoxy) is 3. The second kappa shape index (κ2) is 7.37. The van der Waals surface area contributed by atoms with Crippen LogP contribution in [0.5, 0.6) is 11.5 Å². The van der Waals surface area contributed by atoms with Gasteiger partial charge in [0.2, 0.25) is 0 Å². The van der Waals surface area contributed by atoms with Crippen molar-refractivity contribution < 1.29 is 23.8 Å². The molecule has 0 fully saturated rings. The van der Waals surface area contributed by atoms with Crippen molar-refractivity contribution in [1.29, 1.82) is 0 Å². The van der Waals surface area contributed by atoms with Gasteiger partial charge in [-0.05, 0) is 18.6 Å². The van der Waals surface area contributed by atoms with Gasteiger partial charge in [-0.1, -0.05) is 6.92 Å². The van der Waals surface area contributed by atoms with Gasteiger partial charge in [0.15, 0.2) is 0 Å². The normalized spacial score (nSPS) is 11.4. The number of hydrogen-bond acceptors (Lipinski definition) is 5. The van der Waals surface area contributed by atoms with Crippen LogP contribution in [-0.2, 0) is 9.53 Å². The Bertz CT molecular complexity index is 464. The smallest absolute Gasteiger partial charge is 0.328 e. The first-order valence-corrected chi connectivity index (χ1v) is 6.17. The predicted molar refractivity (Wildman–Crippen MR) is 73.1 cm³/mol. The summed E-state index contributed by atoms with van der Waals surface area (Å²) < 4.78 is 14.8. The molecule has 1 amide bonds. The molecule has 20 heavy (non-hydrogen) atoms. The van der Waals surface area contributed by atoms with Gasteiger partial charge < -0.3 is 19.5 Å². The minimum atomic E-state index is -0.676. The lowest BCUT2D eigenvalue weighted by Gasteiger charge is -2.15. The summed E-state index contributed by atoms with van der Waals surface area (Å²) in [4.78, 5) is 23.6. The van der Waals surface area contributed by atoms with Crippen LogP contribution < -0.4 is 14.8 Å². The number of amides is 1. The Morgan fingerprint density at radius 1 is 1.10 bits per heavy atom. The third-order valence-electron chi connectivity index (χ3n) is 2.81. The van der Waals surface area contributed by atoms with Gasteiger partial charge in [0.25, 0.3) is 5.91 Å². The topological polar surface area (TPSA) is 73.9 Å². The van der Waals surface area contributed by atoms with E-state index in [9.17, 15) is 9.59 Å². The number of benzene rings is 1. The second-order valence-electron chi connectivity index (χ2n) is 4.06. The molecule has 0 aromatic heterocycles. The first-order chi connectivity index (χ1) is 9.55. The van der Waals surface area contributed by atoms with E-state index in [1.54, 1.807) is 25.1 Å². The Morgan fingerprint density at radius 3 is 2.05 bits per heavy atom. The zero-order valence-corrected chi connectivity index (χ0v) is 12.1. The second-order valence-corrected chi connectivity index (χ2v) is 4.06. The van der Waals surface area contributed by atoms with Gasteiger partial charge in [0.1, 0.15) is 17.5 Å². The molecule has 0 aliphatic carbocycles. The van der Waals surface area contributed by atoms with Crippen LogP contribution in [0.4, 0.5) is 0 Å². The van der Waals surface area contributed by atoms with Crippen LogP contribution in [-0.4, -0.2) is 39.2 Å². The molecule has 6 nitrogen and oxygen atoms in total. The molecule has 0 radical (unpaired) electrons. The summed E-state index contributed by atoms with van der Waals surface area (Å²) >= 11 is 0. The van der Waals surface area contributed by atoms with Crippen LogP contribution in [0.25, 0.3) is 0 Å². The molecule has 0 saturated heterocycles. The van der Waals surface area contributed by atoms with Gasteiger partial charge in [0.05, 0.1) is 21.3 Å². The highest BCUT2D eigenvalue weighted by Gasteiger charge is 2.20. The maximum Gasteiger partial charge on any atom is 0.328 e. The first kappa shape index (κ1) is 15.8. The molecule has 1 N–H and O–H groups in total. The number of carbonyl (C=O) groups is 2. The molecule has 0 bridgehead atoms. The van der Waals surface area contributed by atoms with E-state index in [0.29, 0.717) is 23.5 Å². The lowest BCUT2D eigenvalue weighted by atomic mass is 10.1. The Hall–Kier alpha value is -2.24.